The molecule has 1 saturated heterocycles. The number of hydrazone groups is 1. The number of carbonyl (C=O) groups excluding carboxylic acids is 3. The summed E-state index contributed by atoms with van der Waals surface area (Å²) in [4.78, 5) is 40.0. The van der Waals surface area contributed by atoms with Crippen molar-refractivity contribution in [3.63, 3.8) is 0 Å². The van der Waals surface area contributed by atoms with Gasteiger partial charge in [-0.3, -0.25) is 9.59 Å². The Morgan fingerprint density at radius 1 is 1.00 bits per heavy atom. The molecule has 2 aromatic carbocycles. The second kappa shape index (κ2) is 7.05. The first kappa shape index (κ1) is 18.7. The number of methoxy groups -OCH3 is 2. The third-order valence-corrected chi connectivity index (χ3v) is 5.07. The third kappa shape index (κ3) is 2.84. The standard InChI is InChI=1S/C21H19N3O5/c1-12-8-10-13(11-9-12)23-19(25)16-17(21(27)29-3)22-24(18(16)20(23)26)14-6-4-5-7-15(14)28-2/h4-11,16,18H,1-3H3/t16-,18-/m1/s1. The number of aryl methyl sites for hydroxylation is 1. The van der Waals surface area contributed by atoms with E-state index in [4.69, 9.17) is 9.47 Å². The van der Waals surface area contributed by atoms with Gasteiger partial charge in [0.1, 0.15) is 23.4 Å². The predicted octanol–water partition coefficient (Wildman–Crippen LogP) is 1.91. The molecule has 0 aliphatic carbocycles. The number of fused-ring (bicyclic) bond motifs is 1. The van der Waals surface area contributed by atoms with E-state index in [2.05, 4.69) is 5.10 Å². The van der Waals surface area contributed by atoms with Crippen LogP contribution < -0.4 is 14.6 Å². The van der Waals surface area contributed by atoms with Crippen LogP contribution in [0.15, 0.2) is 53.6 Å². The lowest BCUT2D eigenvalue weighted by Gasteiger charge is -2.23. The second-order valence-corrected chi connectivity index (χ2v) is 6.76. The van der Waals surface area contributed by atoms with Gasteiger partial charge in [-0.05, 0) is 31.2 Å². The number of amides is 2. The second-order valence-electron chi connectivity index (χ2n) is 6.76. The summed E-state index contributed by atoms with van der Waals surface area (Å²) >= 11 is 0. The first-order valence-corrected chi connectivity index (χ1v) is 9.01. The molecule has 29 heavy (non-hydrogen) atoms. The van der Waals surface area contributed by atoms with Gasteiger partial charge in [-0.1, -0.05) is 29.8 Å². The van der Waals surface area contributed by atoms with E-state index in [1.165, 1.54) is 19.2 Å². The Balaban J connectivity index is 1.83. The SMILES string of the molecule is COC(=O)C1=NN(c2ccccc2OC)[C@H]2C(=O)N(c3ccc(C)cc3)C(=O)[C@H]12. The van der Waals surface area contributed by atoms with Crippen molar-refractivity contribution in [2.75, 3.05) is 24.1 Å². The van der Waals surface area contributed by atoms with Crippen molar-refractivity contribution in [3.05, 3.63) is 54.1 Å². The highest BCUT2D eigenvalue weighted by Gasteiger charge is 2.59. The summed E-state index contributed by atoms with van der Waals surface area (Å²) in [6.07, 6.45) is 0. The van der Waals surface area contributed by atoms with Crippen molar-refractivity contribution < 1.29 is 23.9 Å². The van der Waals surface area contributed by atoms with Crippen molar-refractivity contribution in [1.29, 1.82) is 0 Å². The van der Waals surface area contributed by atoms with Crippen molar-refractivity contribution in [3.8, 4) is 5.75 Å². The smallest absolute Gasteiger partial charge is 0.355 e. The van der Waals surface area contributed by atoms with Gasteiger partial charge in [-0.25, -0.2) is 14.7 Å². The van der Waals surface area contributed by atoms with Crippen LogP contribution in [-0.4, -0.2) is 43.8 Å². The van der Waals surface area contributed by atoms with E-state index in [1.807, 2.05) is 19.1 Å². The molecule has 0 unspecified atom stereocenters. The van der Waals surface area contributed by atoms with Gasteiger partial charge in [0.25, 0.3) is 5.91 Å². The average Bonchev–Trinajstić information content (AvgIpc) is 3.25. The summed E-state index contributed by atoms with van der Waals surface area (Å²) in [5.74, 6) is -2.30. The van der Waals surface area contributed by atoms with Crippen LogP contribution in [-0.2, 0) is 19.1 Å². The van der Waals surface area contributed by atoms with Gasteiger partial charge in [-0.15, -0.1) is 0 Å². The van der Waals surface area contributed by atoms with E-state index >= 15 is 0 Å². The number of nitrogens with zero attached hydrogens (tertiary/aromatic N) is 3. The van der Waals surface area contributed by atoms with Crippen LogP contribution in [0.2, 0.25) is 0 Å². The van der Waals surface area contributed by atoms with Gasteiger partial charge < -0.3 is 9.47 Å². The highest BCUT2D eigenvalue weighted by Crippen LogP contribution is 2.40. The molecule has 0 saturated carbocycles. The number of anilines is 2. The maximum Gasteiger partial charge on any atom is 0.355 e. The fraction of sp³-hybridized carbons (Fsp3) is 0.238. The van der Waals surface area contributed by atoms with E-state index in [0.29, 0.717) is 17.1 Å². The quantitative estimate of drug-likeness (QED) is 0.582. The minimum absolute atomic E-state index is 0.101. The number of benzene rings is 2. The minimum atomic E-state index is -1.05. The first-order chi connectivity index (χ1) is 14.0. The van der Waals surface area contributed by atoms with E-state index < -0.39 is 29.7 Å². The lowest BCUT2D eigenvalue weighted by molar-refractivity contribution is -0.133. The number of esters is 1. The highest BCUT2D eigenvalue weighted by molar-refractivity contribution is 6.47. The number of imide groups is 1. The molecule has 1 fully saturated rings. The first-order valence-electron chi connectivity index (χ1n) is 9.01. The predicted molar refractivity (Wildman–Crippen MR) is 106 cm³/mol. The Labute approximate surface area is 167 Å². The maximum atomic E-state index is 13.3. The number of hydrogen-bond donors (Lipinski definition) is 0. The van der Waals surface area contributed by atoms with Crippen molar-refractivity contribution in [2.24, 2.45) is 11.0 Å². The number of rotatable bonds is 4. The number of para-hydroxylation sites is 2. The summed E-state index contributed by atoms with van der Waals surface area (Å²) in [5.41, 5.74) is 1.83. The Kier molecular flexibility index (Phi) is 4.54. The van der Waals surface area contributed by atoms with Crippen LogP contribution in [0.4, 0.5) is 11.4 Å². The van der Waals surface area contributed by atoms with Crippen LogP contribution in [0, 0.1) is 12.8 Å². The summed E-state index contributed by atoms with van der Waals surface area (Å²) in [7, 11) is 2.71. The molecule has 0 spiro atoms. The zero-order chi connectivity index (χ0) is 20.7. The average molecular weight is 393 g/mol. The fourth-order valence-corrected chi connectivity index (χ4v) is 3.65. The summed E-state index contributed by atoms with van der Waals surface area (Å²) in [6, 6.07) is 13.0. The molecule has 2 atom stereocenters. The van der Waals surface area contributed by atoms with E-state index in [-0.39, 0.29) is 5.71 Å². The molecule has 2 amide bonds. The van der Waals surface area contributed by atoms with Crippen LogP contribution in [0.5, 0.6) is 5.75 Å². The van der Waals surface area contributed by atoms with E-state index in [1.54, 1.807) is 36.4 Å². The molecule has 8 heteroatoms. The molecule has 148 valence electrons. The van der Waals surface area contributed by atoms with Gasteiger partial charge in [0.15, 0.2) is 5.71 Å². The molecule has 8 nitrogen and oxygen atoms in total. The summed E-state index contributed by atoms with van der Waals surface area (Å²) in [5, 5.41) is 5.67. The van der Waals surface area contributed by atoms with E-state index in [0.717, 1.165) is 10.5 Å². The molecule has 0 radical (unpaired) electrons. The fourth-order valence-electron chi connectivity index (χ4n) is 3.65. The molecule has 0 aromatic heterocycles. The van der Waals surface area contributed by atoms with Gasteiger partial charge in [0, 0.05) is 0 Å². The minimum Gasteiger partial charge on any atom is -0.495 e. The maximum absolute atomic E-state index is 13.3. The highest BCUT2D eigenvalue weighted by atomic mass is 16.5. The molecule has 4 rings (SSSR count). The monoisotopic (exact) mass is 393 g/mol. The summed E-state index contributed by atoms with van der Waals surface area (Å²) < 4.78 is 10.2. The molecular formula is C21H19N3O5. The van der Waals surface area contributed by atoms with Gasteiger partial charge in [-0.2, -0.15) is 5.10 Å². The molecule has 0 N–H and O–H groups in total. The van der Waals surface area contributed by atoms with E-state index in [9.17, 15) is 14.4 Å². The molecular weight excluding hydrogens is 374 g/mol. The van der Waals surface area contributed by atoms with Crippen LogP contribution in [0.3, 0.4) is 0 Å². The van der Waals surface area contributed by atoms with Crippen molar-refractivity contribution in [2.45, 2.75) is 13.0 Å². The van der Waals surface area contributed by atoms with Gasteiger partial charge in [0.2, 0.25) is 5.91 Å². The Morgan fingerprint density at radius 2 is 1.69 bits per heavy atom. The zero-order valence-corrected chi connectivity index (χ0v) is 16.2. The zero-order valence-electron chi connectivity index (χ0n) is 16.2. The molecule has 2 heterocycles. The number of carbonyl (C=O) groups is 3. The van der Waals surface area contributed by atoms with Crippen molar-refractivity contribution >= 4 is 34.9 Å². The normalized spacial score (nSPS) is 20.6. The number of hydrogen-bond acceptors (Lipinski definition) is 7. The largest absolute Gasteiger partial charge is 0.495 e. The Hall–Kier alpha value is -3.68. The Bertz CT molecular complexity index is 1030. The molecule has 0 bridgehead atoms. The summed E-state index contributed by atoms with van der Waals surface area (Å²) in [6.45, 7) is 1.91. The molecule has 2 aliphatic rings. The lowest BCUT2D eigenvalue weighted by atomic mass is 9.97. The van der Waals surface area contributed by atoms with Gasteiger partial charge >= 0.3 is 5.97 Å². The molecule has 2 aromatic rings. The lowest BCUT2D eigenvalue weighted by Crippen LogP contribution is -2.39. The van der Waals surface area contributed by atoms with Crippen LogP contribution >= 0.6 is 0 Å². The van der Waals surface area contributed by atoms with Crippen molar-refractivity contribution in [1.82, 2.24) is 0 Å². The third-order valence-electron chi connectivity index (χ3n) is 5.07. The molecule has 2 aliphatic heterocycles. The van der Waals surface area contributed by atoms with Crippen LogP contribution in [0.1, 0.15) is 5.56 Å². The number of ether oxygens (including phenoxy) is 2. The van der Waals surface area contributed by atoms with Gasteiger partial charge in [0.05, 0.1) is 19.9 Å². The van der Waals surface area contributed by atoms with Crippen LogP contribution in [0.25, 0.3) is 0 Å². The Morgan fingerprint density at radius 3 is 2.34 bits per heavy atom. The topological polar surface area (TPSA) is 88.5 Å².